The summed E-state index contributed by atoms with van der Waals surface area (Å²) in [5.74, 6) is -0.126. The third kappa shape index (κ3) is 2.77. The Morgan fingerprint density at radius 3 is 2.52 bits per heavy atom. The van der Waals surface area contributed by atoms with Crippen molar-refractivity contribution in [3.05, 3.63) is 69.5 Å². The standard InChI is InChI=1S/C17H16BrNOS/c18-15-7-3-1-5-11(15)13(9-19)17(20)14-10-21-16-8-4-2-6-12(14)16/h1-8,10,13,17,20H,9,19H2. The van der Waals surface area contributed by atoms with Crippen molar-refractivity contribution in [2.75, 3.05) is 6.54 Å². The zero-order valence-electron chi connectivity index (χ0n) is 11.4. The number of halogens is 1. The van der Waals surface area contributed by atoms with Crippen molar-refractivity contribution in [3.8, 4) is 0 Å². The third-order valence-electron chi connectivity index (χ3n) is 3.77. The lowest BCUT2D eigenvalue weighted by Gasteiger charge is -2.23. The molecule has 3 rings (SSSR count). The molecule has 0 aliphatic heterocycles. The van der Waals surface area contributed by atoms with Gasteiger partial charge in [-0.05, 0) is 34.0 Å². The summed E-state index contributed by atoms with van der Waals surface area (Å²) in [6.07, 6.45) is -0.607. The van der Waals surface area contributed by atoms with E-state index >= 15 is 0 Å². The number of hydrogen-bond donors (Lipinski definition) is 2. The molecule has 21 heavy (non-hydrogen) atoms. The van der Waals surface area contributed by atoms with Gasteiger partial charge in [0.25, 0.3) is 0 Å². The van der Waals surface area contributed by atoms with Gasteiger partial charge in [0.15, 0.2) is 0 Å². The van der Waals surface area contributed by atoms with Crippen LogP contribution in [0.3, 0.4) is 0 Å². The molecule has 0 radical (unpaired) electrons. The minimum absolute atomic E-state index is 0.126. The number of aliphatic hydroxyl groups excluding tert-OH is 1. The zero-order valence-corrected chi connectivity index (χ0v) is 13.8. The Labute approximate surface area is 136 Å². The second kappa shape index (κ2) is 6.28. The second-order valence-electron chi connectivity index (χ2n) is 5.00. The van der Waals surface area contributed by atoms with E-state index in [1.807, 2.05) is 41.8 Å². The monoisotopic (exact) mass is 361 g/mol. The molecule has 2 unspecified atom stereocenters. The van der Waals surface area contributed by atoms with Crippen molar-refractivity contribution >= 4 is 37.4 Å². The van der Waals surface area contributed by atoms with Gasteiger partial charge in [-0.15, -0.1) is 11.3 Å². The summed E-state index contributed by atoms with van der Waals surface area (Å²) in [6.45, 7) is 0.397. The lowest BCUT2D eigenvalue weighted by Crippen LogP contribution is -2.20. The normalized spacial score (nSPS) is 14.2. The predicted octanol–water partition coefficient (Wildman–Crippen LogP) is 4.44. The average molecular weight is 362 g/mol. The van der Waals surface area contributed by atoms with Crippen LogP contribution in [0.15, 0.2) is 58.4 Å². The van der Waals surface area contributed by atoms with Crippen LogP contribution in [0, 0.1) is 0 Å². The summed E-state index contributed by atoms with van der Waals surface area (Å²) < 4.78 is 2.17. The summed E-state index contributed by atoms with van der Waals surface area (Å²) in [4.78, 5) is 0. The maximum atomic E-state index is 10.9. The van der Waals surface area contributed by atoms with Crippen molar-refractivity contribution in [3.63, 3.8) is 0 Å². The van der Waals surface area contributed by atoms with E-state index in [2.05, 4.69) is 28.1 Å². The van der Waals surface area contributed by atoms with E-state index in [1.54, 1.807) is 11.3 Å². The number of benzene rings is 2. The highest BCUT2D eigenvalue weighted by molar-refractivity contribution is 9.10. The number of aliphatic hydroxyl groups is 1. The molecule has 3 N–H and O–H groups in total. The highest BCUT2D eigenvalue weighted by atomic mass is 79.9. The van der Waals surface area contributed by atoms with Crippen LogP contribution in [0.1, 0.15) is 23.1 Å². The van der Waals surface area contributed by atoms with Gasteiger partial charge in [0, 0.05) is 21.6 Å². The average Bonchev–Trinajstić information content (AvgIpc) is 2.93. The molecule has 0 saturated heterocycles. The molecule has 2 atom stereocenters. The fourth-order valence-corrected chi connectivity index (χ4v) is 4.22. The number of nitrogens with two attached hydrogens (primary N) is 1. The van der Waals surface area contributed by atoms with Gasteiger partial charge >= 0.3 is 0 Å². The number of thiophene rings is 1. The molecular weight excluding hydrogens is 346 g/mol. The Morgan fingerprint density at radius 2 is 1.76 bits per heavy atom. The molecule has 2 nitrogen and oxygen atoms in total. The van der Waals surface area contributed by atoms with E-state index in [0.717, 1.165) is 21.0 Å². The van der Waals surface area contributed by atoms with Gasteiger partial charge in [-0.2, -0.15) is 0 Å². The molecule has 3 aromatic rings. The third-order valence-corrected chi connectivity index (χ3v) is 5.47. The first-order valence-electron chi connectivity index (χ1n) is 6.81. The van der Waals surface area contributed by atoms with Crippen LogP contribution in [0.5, 0.6) is 0 Å². The first kappa shape index (κ1) is 14.7. The lowest BCUT2D eigenvalue weighted by molar-refractivity contribution is 0.149. The molecule has 0 amide bonds. The Kier molecular flexibility index (Phi) is 4.40. The largest absolute Gasteiger partial charge is 0.388 e. The number of hydrogen-bond acceptors (Lipinski definition) is 3. The molecule has 1 aromatic heterocycles. The Morgan fingerprint density at radius 1 is 1.05 bits per heavy atom. The van der Waals surface area contributed by atoms with Crippen molar-refractivity contribution in [1.29, 1.82) is 0 Å². The van der Waals surface area contributed by atoms with Gasteiger partial charge in [-0.3, -0.25) is 0 Å². The van der Waals surface area contributed by atoms with Crippen LogP contribution in [-0.4, -0.2) is 11.7 Å². The highest BCUT2D eigenvalue weighted by Gasteiger charge is 2.25. The number of fused-ring (bicyclic) bond motifs is 1. The first-order valence-corrected chi connectivity index (χ1v) is 8.48. The van der Waals surface area contributed by atoms with Crippen molar-refractivity contribution in [2.24, 2.45) is 5.73 Å². The fourth-order valence-electron chi connectivity index (χ4n) is 2.65. The van der Waals surface area contributed by atoms with Gasteiger partial charge in [0.1, 0.15) is 0 Å². The van der Waals surface area contributed by atoms with Gasteiger partial charge in [-0.1, -0.05) is 52.3 Å². The smallest absolute Gasteiger partial charge is 0.0885 e. The van der Waals surface area contributed by atoms with Crippen LogP contribution in [0.4, 0.5) is 0 Å². The summed E-state index contributed by atoms with van der Waals surface area (Å²) in [5.41, 5.74) is 7.95. The van der Waals surface area contributed by atoms with Crippen molar-refractivity contribution in [2.45, 2.75) is 12.0 Å². The van der Waals surface area contributed by atoms with Crippen molar-refractivity contribution in [1.82, 2.24) is 0 Å². The molecule has 2 aromatic carbocycles. The predicted molar refractivity (Wildman–Crippen MR) is 92.7 cm³/mol. The Hall–Kier alpha value is -1.20. The van der Waals surface area contributed by atoms with Gasteiger partial charge in [0.05, 0.1) is 6.10 Å². The van der Waals surface area contributed by atoms with E-state index < -0.39 is 6.10 Å². The molecule has 0 aliphatic rings. The summed E-state index contributed by atoms with van der Waals surface area (Å²) in [5, 5.41) is 14.0. The molecule has 4 heteroatoms. The maximum Gasteiger partial charge on any atom is 0.0885 e. The second-order valence-corrected chi connectivity index (χ2v) is 6.76. The van der Waals surface area contributed by atoms with E-state index in [4.69, 9.17) is 5.73 Å². The van der Waals surface area contributed by atoms with Crippen LogP contribution < -0.4 is 5.73 Å². The molecular formula is C17H16BrNOS. The van der Waals surface area contributed by atoms with Crippen molar-refractivity contribution < 1.29 is 5.11 Å². The minimum atomic E-state index is -0.607. The highest BCUT2D eigenvalue weighted by Crippen LogP contribution is 2.39. The van der Waals surface area contributed by atoms with E-state index in [9.17, 15) is 5.11 Å². The topological polar surface area (TPSA) is 46.2 Å². The molecule has 108 valence electrons. The van der Waals surface area contributed by atoms with E-state index in [-0.39, 0.29) is 5.92 Å². The quantitative estimate of drug-likeness (QED) is 0.721. The van der Waals surface area contributed by atoms with E-state index in [0.29, 0.717) is 6.54 Å². The fraction of sp³-hybridized carbons (Fsp3) is 0.176. The molecule has 0 bridgehead atoms. The molecule has 0 aliphatic carbocycles. The molecule has 0 fully saturated rings. The number of rotatable bonds is 4. The maximum absolute atomic E-state index is 10.9. The van der Waals surface area contributed by atoms with Crippen LogP contribution in [0.2, 0.25) is 0 Å². The van der Waals surface area contributed by atoms with Gasteiger partial charge in [0.2, 0.25) is 0 Å². The first-order chi connectivity index (χ1) is 10.2. The molecule has 0 spiro atoms. The van der Waals surface area contributed by atoms with Crippen LogP contribution in [-0.2, 0) is 0 Å². The zero-order chi connectivity index (χ0) is 14.8. The SMILES string of the molecule is NCC(c1ccccc1Br)C(O)c1csc2ccccc12. The Bertz CT molecular complexity index is 755. The van der Waals surface area contributed by atoms with Gasteiger partial charge < -0.3 is 10.8 Å². The lowest BCUT2D eigenvalue weighted by atomic mass is 9.89. The molecule has 1 heterocycles. The minimum Gasteiger partial charge on any atom is -0.388 e. The van der Waals surface area contributed by atoms with Gasteiger partial charge in [-0.25, -0.2) is 0 Å². The summed E-state index contributed by atoms with van der Waals surface area (Å²) in [6, 6.07) is 16.1. The van der Waals surface area contributed by atoms with Crippen LogP contribution >= 0.6 is 27.3 Å². The summed E-state index contributed by atoms with van der Waals surface area (Å²) >= 11 is 5.21. The molecule has 0 saturated carbocycles. The Balaban J connectivity index is 2.03. The van der Waals surface area contributed by atoms with E-state index in [1.165, 1.54) is 4.70 Å². The summed E-state index contributed by atoms with van der Waals surface area (Å²) in [7, 11) is 0. The van der Waals surface area contributed by atoms with Crippen LogP contribution in [0.25, 0.3) is 10.1 Å².